The van der Waals surface area contributed by atoms with Crippen LogP contribution in [0.25, 0.3) is 11.5 Å². The minimum Gasteiger partial charge on any atom is -0.324 e. The van der Waals surface area contributed by atoms with E-state index in [1.807, 2.05) is 60.2 Å². The van der Waals surface area contributed by atoms with Gasteiger partial charge in [0.25, 0.3) is 0 Å². The number of rotatable bonds is 7. The number of benzene rings is 2. The Morgan fingerprint density at radius 1 is 1.07 bits per heavy atom. The first-order valence-corrected chi connectivity index (χ1v) is 10.7. The summed E-state index contributed by atoms with van der Waals surface area (Å²) in [5, 5.41) is 3.60. The molecule has 0 fully saturated rings. The van der Waals surface area contributed by atoms with Gasteiger partial charge in [-0.1, -0.05) is 49.0 Å². The van der Waals surface area contributed by atoms with Gasteiger partial charge in [-0.05, 0) is 48.4 Å². The Morgan fingerprint density at radius 2 is 1.83 bits per heavy atom. The number of carbonyl (C=O) groups is 1. The van der Waals surface area contributed by atoms with Crippen LogP contribution >= 0.6 is 11.8 Å². The fourth-order valence-corrected chi connectivity index (χ4v) is 4.03. The van der Waals surface area contributed by atoms with Crippen LogP contribution in [0, 0.1) is 5.82 Å². The van der Waals surface area contributed by atoms with Crippen molar-refractivity contribution in [3.63, 3.8) is 0 Å². The minimum atomic E-state index is -0.402. The number of hydrogen-bond acceptors (Lipinski definition) is 4. The summed E-state index contributed by atoms with van der Waals surface area (Å²) in [4.78, 5) is 22.2. The number of nitrogens with one attached hydrogen (secondary N) is 1. The van der Waals surface area contributed by atoms with Gasteiger partial charge in [-0.15, -0.1) is 0 Å². The number of carbonyl (C=O) groups excluding carboxylic acids is 1. The second-order valence-corrected chi connectivity index (χ2v) is 7.77. The zero-order valence-electron chi connectivity index (χ0n) is 16.5. The van der Waals surface area contributed by atoms with Gasteiger partial charge in [0.05, 0.1) is 0 Å². The van der Waals surface area contributed by atoms with Crippen molar-refractivity contribution >= 4 is 23.4 Å². The van der Waals surface area contributed by atoms with Crippen LogP contribution < -0.4 is 5.32 Å². The van der Waals surface area contributed by atoms with E-state index in [-0.39, 0.29) is 11.7 Å². The van der Waals surface area contributed by atoms with E-state index in [0.717, 1.165) is 16.9 Å². The predicted octanol–water partition coefficient (Wildman–Crippen LogP) is 5.40. The highest BCUT2D eigenvalue weighted by Gasteiger charge is 2.24. The predicted molar refractivity (Wildman–Crippen MR) is 117 cm³/mol. The molecule has 1 atom stereocenters. The highest BCUT2D eigenvalue weighted by atomic mass is 32.2. The summed E-state index contributed by atoms with van der Waals surface area (Å²) in [6, 6.07) is 19.2. The lowest BCUT2D eigenvalue weighted by Crippen LogP contribution is -2.26. The fourth-order valence-electron chi connectivity index (χ4n) is 3.23. The summed E-state index contributed by atoms with van der Waals surface area (Å²) in [5.74, 6) is 0.973. The van der Waals surface area contributed by atoms with Gasteiger partial charge >= 0.3 is 0 Å². The SMILES string of the molecule is CCC(C(=O)Nc1ccccc1)n1cccc2nc(SCc3ccc(F)cc3)nc1-2. The maximum atomic E-state index is 13.1. The lowest BCUT2D eigenvalue weighted by molar-refractivity contribution is -0.119. The van der Waals surface area contributed by atoms with Gasteiger partial charge in [0.1, 0.15) is 17.6 Å². The van der Waals surface area contributed by atoms with Gasteiger partial charge < -0.3 is 9.88 Å². The molecule has 0 radical (unpaired) electrons. The molecule has 5 nitrogen and oxygen atoms in total. The Kier molecular flexibility index (Phi) is 6.09. The molecule has 2 aromatic rings. The van der Waals surface area contributed by atoms with Crippen LogP contribution in [0.4, 0.5) is 10.1 Å². The lowest BCUT2D eigenvalue weighted by Gasteiger charge is -2.20. The summed E-state index contributed by atoms with van der Waals surface area (Å²) in [6.45, 7) is 1.97. The number of aromatic nitrogens is 3. The summed E-state index contributed by atoms with van der Waals surface area (Å²) in [6.07, 6.45) is 2.48. The molecule has 0 saturated carbocycles. The van der Waals surface area contributed by atoms with Gasteiger partial charge in [-0.25, -0.2) is 14.4 Å². The molecule has 1 amide bonds. The molecule has 152 valence electrons. The number of anilines is 1. The standard InChI is InChI=1S/C23H21FN4OS/c1-2-20(22(29)25-18-7-4-3-5-8-18)28-14-6-9-19-21(28)27-23(26-19)30-15-16-10-12-17(24)13-11-16/h3-14,20H,2,15H2,1H3,(H,25,29). The van der Waals surface area contributed by atoms with Gasteiger partial charge in [0.2, 0.25) is 5.91 Å². The first-order chi connectivity index (χ1) is 14.6. The second-order valence-electron chi connectivity index (χ2n) is 6.82. The molecule has 4 rings (SSSR count). The normalized spacial score (nSPS) is 12.1. The van der Waals surface area contributed by atoms with E-state index in [9.17, 15) is 9.18 Å². The van der Waals surface area contributed by atoms with Crippen molar-refractivity contribution in [2.24, 2.45) is 0 Å². The van der Waals surface area contributed by atoms with Crippen molar-refractivity contribution in [3.05, 3.63) is 84.3 Å². The molecule has 2 heterocycles. The maximum absolute atomic E-state index is 13.1. The lowest BCUT2D eigenvalue weighted by atomic mass is 10.1. The van der Waals surface area contributed by atoms with Gasteiger partial charge in [0, 0.05) is 17.6 Å². The van der Waals surface area contributed by atoms with Crippen LogP contribution in [0.5, 0.6) is 0 Å². The van der Waals surface area contributed by atoms with Crippen molar-refractivity contribution < 1.29 is 9.18 Å². The van der Waals surface area contributed by atoms with Crippen molar-refractivity contribution in [2.45, 2.75) is 30.3 Å². The number of imidazole rings is 1. The number of amides is 1. The summed E-state index contributed by atoms with van der Waals surface area (Å²) in [5.41, 5.74) is 2.50. The van der Waals surface area contributed by atoms with Crippen LogP contribution in [-0.4, -0.2) is 20.4 Å². The summed E-state index contributed by atoms with van der Waals surface area (Å²) >= 11 is 1.49. The molecule has 1 unspecified atom stereocenters. The third kappa shape index (κ3) is 4.52. The van der Waals surface area contributed by atoms with Crippen LogP contribution in [0.15, 0.2) is 78.1 Å². The van der Waals surface area contributed by atoms with Crippen LogP contribution in [0.1, 0.15) is 24.9 Å². The number of halogens is 1. The average Bonchev–Trinajstić information content (AvgIpc) is 3.18. The Balaban J connectivity index is 1.54. The number of pyridine rings is 1. The zero-order valence-corrected chi connectivity index (χ0v) is 17.3. The van der Waals surface area contributed by atoms with E-state index in [1.54, 1.807) is 12.1 Å². The van der Waals surface area contributed by atoms with E-state index in [4.69, 9.17) is 0 Å². The molecule has 0 aliphatic carbocycles. The molecule has 2 aromatic carbocycles. The summed E-state index contributed by atoms with van der Waals surface area (Å²) in [7, 11) is 0. The minimum absolute atomic E-state index is 0.0929. The first-order valence-electron chi connectivity index (χ1n) is 9.72. The topological polar surface area (TPSA) is 59.8 Å². The van der Waals surface area contributed by atoms with Crippen LogP contribution in [0.2, 0.25) is 0 Å². The average molecular weight is 421 g/mol. The molecular formula is C23H21FN4OS. The molecule has 0 bridgehead atoms. The second kappa shape index (κ2) is 9.09. The van der Waals surface area contributed by atoms with E-state index >= 15 is 0 Å². The van der Waals surface area contributed by atoms with E-state index in [2.05, 4.69) is 15.3 Å². The molecule has 0 aromatic heterocycles. The Morgan fingerprint density at radius 3 is 2.57 bits per heavy atom. The molecule has 2 aliphatic rings. The highest BCUT2D eigenvalue weighted by Crippen LogP contribution is 2.29. The smallest absolute Gasteiger partial charge is 0.247 e. The first kappa shape index (κ1) is 20.1. The molecule has 7 heteroatoms. The van der Waals surface area contributed by atoms with Crippen LogP contribution in [0.3, 0.4) is 0 Å². The molecule has 0 spiro atoms. The van der Waals surface area contributed by atoms with Crippen molar-refractivity contribution in [1.29, 1.82) is 0 Å². The number of fused-ring (bicyclic) bond motifs is 1. The highest BCUT2D eigenvalue weighted by molar-refractivity contribution is 7.98. The Labute approximate surface area is 178 Å². The zero-order chi connectivity index (χ0) is 20.9. The quantitative estimate of drug-likeness (QED) is 0.407. The molecule has 0 saturated heterocycles. The third-order valence-electron chi connectivity index (χ3n) is 4.74. The molecular weight excluding hydrogens is 399 g/mol. The van der Waals surface area contributed by atoms with E-state index in [0.29, 0.717) is 23.2 Å². The fraction of sp³-hybridized carbons (Fsp3) is 0.174. The molecule has 2 aliphatic heterocycles. The van der Waals surface area contributed by atoms with Gasteiger partial charge in [-0.2, -0.15) is 0 Å². The molecule has 30 heavy (non-hydrogen) atoms. The number of hydrogen-bond donors (Lipinski definition) is 1. The monoisotopic (exact) mass is 420 g/mol. The Bertz CT molecular complexity index is 1100. The van der Waals surface area contributed by atoms with Crippen LogP contribution in [-0.2, 0) is 10.5 Å². The third-order valence-corrected chi connectivity index (χ3v) is 5.66. The van der Waals surface area contributed by atoms with E-state index in [1.165, 1.54) is 23.9 Å². The van der Waals surface area contributed by atoms with E-state index < -0.39 is 6.04 Å². The summed E-state index contributed by atoms with van der Waals surface area (Å²) < 4.78 is 15.0. The largest absolute Gasteiger partial charge is 0.324 e. The van der Waals surface area contributed by atoms with Crippen molar-refractivity contribution in [2.75, 3.05) is 5.32 Å². The molecule has 1 N–H and O–H groups in total. The van der Waals surface area contributed by atoms with Crippen molar-refractivity contribution in [3.8, 4) is 11.5 Å². The maximum Gasteiger partial charge on any atom is 0.247 e. The van der Waals surface area contributed by atoms with Crippen molar-refractivity contribution in [1.82, 2.24) is 14.5 Å². The number of thioether (sulfide) groups is 1. The number of para-hydroxylation sites is 1. The van der Waals surface area contributed by atoms with Gasteiger partial charge in [0.15, 0.2) is 11.0 Å². The number of nitrogens with zero attached hydrogens (tertiary/aromatic N) is 3. The van der Waals surface area contributed by atoms with Gasteiger partial charge in [-0.3, -0.25) is 4.79 Å². The Hall–Kier alpha value is -3.19.